The molecule has 1 rings (SSSR count). The van der Waals surface area contributed by atoms with Crippen molar-refractivity contribution in [3.8, 4) is 0 Å². The first-order valence-electron chi connectivity index (χ1n) is 5.32. The Kier molecular flexibility index (Phi) is 4.80. The zero-order chi connectivity index (χ0) is 13.2. The minimum Gasteiger partial charge on any atom is -0.394 e. The Morgan fingerprint density at radius 1 is 1.47 bits per heavy atom. The van der Waals surface area contributed by atoms with Crippen LogP contribution >= 0.6 is 0 Å². The van der Waals surface area contributed by atoms with E-state index in [4.69, 9.17) is 21.3 Å². The van der Waals surface area contributed by atoms with E-state index in [0.29, 0.717) is 0 Å². The standard InChI is InChI=1S/C9H19N3O5/c1-3(8(11)16)7(10)12-9-6(15)5(14)4(2-13)17-9/h3-7,9,12-15H,2,10H2,1H3,(H2,11,16). The van der Waals surface area contributed by atoms with E-state index in [9.17, 15) is 15.0 Å². The zero-order valence-electron chi connectivity index (χ0n) is 9.48. The van der Waals surface area contributed by atoms with Gasteiger partial charge in [-0.2, -0.15) is 0 Å². The third kappa shape index (κ3) is 3.12. The van der Waals surface area contributed by atoms with Crippen LogP contribution in [0.25, 0.3) is 0 Å². The van der Waals surface area contributed by atoms with E-state index in [-0.39, 0.29) is 0 Å². The summed E-state index contributed by atoms with van der Waals surface area (Å²) in [7, 11) is 0. The van der Waals surface area contributed by atoms with E-state index >= 15 is 0 Å². The van der Waals surface area contributed by atoms with Crippen molar-refractivity contribution in [2.75, 3.05) is 6.61 Å². The van der Waals surface area contributed by atoms with Gasteiger partial charge in [0.05, 0.1) is 18.7 Å². The molecule has 8 heteroatoms. The van der Waals surface area contributed by atoms with Crippen molar-refractivity contribution in [3.63, 3.8) is 0 Å². The fourth-order valence-corrected chi connectivity index (χ4v) is 1.55. The second-order valence-corrected chi connectivity index (χ2v) is 4.14. The number of amides is 1. The van der Waals surface area contributed by atoms with Crippen molar-refractivity contribution < 1.29 is 24.9 Å². The van der Waals surface area contributed by atoms with Crippen molar-refractivity contribution in [1.29, 1.82) is 0 Å². The molecule has 1 fully saturated rings. The van der Waals surface area contributed by atoms with Crippen molar-refractivity contribution in [1.82, 2.24) is 5.32 Å². The van der Waals surface area contributed by atoms with Gasteiger partial charge in [0.25, 0.3) is 0 Å². The third-order valence-corrected chi connectivity index (χ3v) is 2.89. The molecule has 1 amide bonds. The first-order valence-corrected chi connectivity index (χ1v) is 5.32. The number of aliphatic hydroxyl groups excluding tert-OH is 3. The number of aliphatic hydroxyl groups is 3. The molecule has 1 saturated heterocycles. The maximum atomic E-state index is 10.9. The van der Waals surface area contributed by atoms with Crippen molar-refractivity contribution >= 4 is 5.91 Å². The van der Waals surface area contributed by atoms with E-state index in [1.165, 1.54) is 6.92 Å². The average molecular weight is 249 g/mol. The SMILES string of the molecule is CC(C(N)=O)C(N)NC1OC(CO)C(O)C1O. The van der Waals surface area contributed by atoms with Crippen LogP contribution in [0.5, 0.6) is 0 Å². The van der Waals surface area contributed by atoms with Gasteiger partial charge in [0, 0.05) is 0 Å². The zero-order valence-corrected chi connectivity index (χ0v) is 9.48. The minimum absolute atomic E-state index is 0.420. The molecule has 100 valence electrons. The van der Waals surface area contributed by atoms with Gasteiger partial charge in [-0.05, 0) is 0 Å². The fraction of sp³-hybridized carbons (Fsp3) is 0.889. The number of rotatable bonds is 5. The summed E-state index contributed by atoms with van der Waals surface area (Å²) in [6.07, 6.45) is -5.05. The number of ether oxygens (including phenoxy) is 1. The number of hydrogen-bond acceptors (Lipinski definition) is 7. The highest BCUT2D eigenvalue weighted by Crippen LogP contribution is 2.19. The molecule has 6 unspecified atom stereocenters. The molecule has 0 aliphatic carbocycles. The molecule has 0 bridgehead atoms. The van der Waals surface area contributed by atoms with E-state index in [1.54, 1.807) is 0 Å². The Balaban J connectivity index is 2.55. The summed E-state index contributed by atoms with van der Waals surface area (Å²) < 4.78 is 5.14. The van der Waals surface area contributed by atoms with Crippen LogP contribution in [0.1, 0.15) is 6.92 Å². The summed E-state index contributed by atoms with van der Waals surface area (Å²) in [6, 6.07) is 0. The van der Waals surface area contributed by atoms with Crippen molar-refractivity contribution in [2.45, 2.75) is 37.6 Å². The number of nitrogens with two attached hydrogens (primary N) is 2. The van der Waals surface area contributed by atoms with E-state index < -0.39 is 49.1 Å². The van der Waals surface area contributed by atoms with Crippen LogP contribution in [-0.2, 0) is 9.53 Å². The van der Waals surface area contributed by atoms with Crippen LogP contribution in [0, 0.1) is 5.92 Å². The molecule has 6 atom stereocenters. The monoisotopic (exact) mass is 249 g/mol. The number of hydrogen-bond donors (Lipinski definition) is 6. The van der Waals surface area contributed by atoms with Gasteiger partial charge in [-0.1, -0.05) is 6.92 Å². The lowest BCUT2D eigenvalue weighted by Gasteiger charge is -2.24. The van der Waals surface area contributed by atoms with E-state index in [1.807, 2.05) is 0 Å². The molecule has 0 aromatic carbocycles. The maximum absolute atomic E-state index is 10.9. The predicted octanol–water partition coefficient (Wildman–Crippen LogP) is -3.58. The Morgan fingerprint density at radius 3 is 2.47 bits per heavy atom. The first-order chi connectivity index (χ1) is 7.88. The van der Waals surface area contributed by atoms with Gasteiger partial charge in [0.2, 0.25) is 5.91 Å². The normalized spacial score (nSPS) is 36.8. The summed E-state index contributed by atoms with van der Waals surface area (Å²) in [5.74, 6) is -1.24. The summed E-state index contributed by atoms with van der Waals surface area (Å²) in [6.45, 7) is 1.11. The molecule has 0 saturated carbocycles. The van der Waals surface area contributed by atoms with Gasteiger partial charge < -0.3 is 31.5 Å². The average Bonchev–Trinajstić information content (AvgIpc) is 2.55. The van der Waals surface area contributed by atoms with E-state index in [2.05, 4.69) is 5.32 Å². The molecular formula is C9H19N3O5. The first kappa shape index (κ1) is 14.3. The lowest BCUT2D eigenvalue weighted by atomic mass is 10.1. The second kappa shape index (κ2) is 5.71. The van der Waals surface area contributed by atoms with Gasteiger partial charge >= 0.3 is 0 Å². The Morgan fingerprint density at radius 2 is 2.06 bits per heavy atom. The third-order valence-electron chi connectivity index (χ3n) is 2.89. The summed E-state index contributed by atoms with van der Waals surface area (Å²) in [5, 5.41) is 30.6. The lowest BCUT2D eigenvalue weighted by molar-refractivity contribution is -0.122. The number of carbonyl (C=O) groups is 1. The second-order valence-electron chi connectivity index (χ2n) is 4.14. The highest BCUT2D eigenvalue weighted by atomic mass is 16.6. The summed E-state index contributed by atoms with van der Waals surface area (Å²) in [5.41, 5.74) is 10.7. The van der Waals surface area contributed by atoms with E-state index in [0.717, 1.165) is 0 Å². The molecule has 0 aromatic rings. The van der Waals surface area contributed by atoms with Gasteiger partial charge in [0.15, 0.2) is 0 Å². The largest absolute Gasteiger partial charge is 0.394 e. The molecule has 0 aromatic heterocycles. The number of primary amides is 1. The van der Waals surface area contributed by atoms with Crippen molar-refractivity contribution in [2.24, 2.45) is 17.4 Å². The molecule has 0 radical (unpaired) electrons. The highest BCUT2D eigenvalue weighted by molar-refractivity contribution is 5.76. The van der Waals surface area contributed by atoms with Gasteiger partial charge in [0.1, 0.15) is 24.5 Å². The van der Waals surface area contributed by atoms with Crippen molar-refractivity contribution in [3.05, 3.63) is 0 Å². The summed E-state index contributed by atoms with van der Waals surface area (Å²) in [4.78, 5) is 10.9. The molecule has 1 heterocycles. The topological polar surface area (TPSA) is 151 Å². The van der Waals surface area contributed by atoms with Crippen LogP contribution in [0.15, 0.2) is 0 Å². The lowest BCUT2D eigenvalue weighted by Crippen LogP contribution is -2.54. The fourth-order valence-electron chi connectivity index (χ4n) is 1.55. The highest BCUT2D eigenvalue weighted by Gasteiger charge is 2.43. The minimum atomic E-state index is -1.22. The van der Waals surface area contributed by atoms with Crippen LogP contribution in [0.2, 0.25) is 0 Å². The van der Waals surface area contributed by atoms with Crippen LogP contribution in [-0.4, -0.2) is 58.5 Å². The molecular weight excluding hydrogens is 230 g/mol. The van der Waals surface area contributed by atoms with Gasteiger partial charge in [-0.3, -0.25) is 10.1 Å². The Bertz CT molecular complexity index is 277. The summed E-state index contributed by atoms with van der Waals surface area (Å²) >= 11 is 0. The van der Waals surface area contributed by atoms with Gasteiger partial charge in [-0.25, -0.2) is 0 Å². The van der Waals surface area contributed by atoms with Crippen LogP contribution in [0.3, 0.4) is 0 Å². The molecule has 0 spiro atoms. The molecule has 1 aliphatic heterocycles. The number of carbonyl (C=O) groups excluding carboxylic acids is 1. The maximum Gasteiger partial charge on any atom is 0.223 e. The quantitative estimate of drug-likeness (QED) is 0.276. The van der Waals surface area contributed by atoms with Gasteiger partial charge in [-0.15, -0.1) is 0 Å². The molecule has 8 nitrogen and oxygen atoms in total. The van der Waals surface area contributed by atoms with Crippen LogP contribution in [0.4, 0.5) is 0 Å². The van der Waals surface area contributed by atoms with Crippen LogP contribution < -0.4 is 16.8 Å². The molecule has 17 heavy (non-hydrogen) atoms. The smallest absolute Gasteiger partial charge is 0.223 e. The Labute approximate surface area is 98.5 Å². The molecule has 8 N–H and O–H groups in total. The molecule has 1 aliphatic rings. The Hall–Kier alpha value is -0.770. The predicted molar refractivity (Wildman–Crippen MR) is 57.2 cm³/mol. The number of nitrogens with one attached hydrogen (secondary N) is 1.